The lowest BCUT2D eigenvalue weighted by Gasteiger charge is -2.35. The molecule has 3 atom stereocenters. The number of ketones is 1. The molecule has 1 heterocycles. The second-order valence-electron chi connectivity index (χ2n) is 13.1. The smallest absolute Gasteiger partial charge is 0.220 e. The Morgan fingerprint density at radius 3 is 2.57 bits per heavy atom. The molecule has 1 N–H and O–H groups in total. The Morgan fingerprint density at radius 1 is 1.14 bits per heavy atom. The highest BCUT2D eigenvalue weighted by molar-refractivity contribution is 9.10. The molecule has 4 rings (SSSR count). The van der Waals surface area contributed by atoms with E-state index >= 15 is 0 Å². The predicted molar refractivity (Wildman–Crippen MR) is 177 cm³/mol. The van der Waals surface area contributed by atoms with Crippen molar-refractivity contribution in [2.75, 3.05) is 6.61 Å². The molecule has 234 valence electrons. The molecule has 0 spiro atoms. The quantitative estimate of drug-likeness (QED) is 0.261. The van der Waals surface area contributed by atoms with E-state index in [9.17, 15) is 14.9 Å². The highest BCUT2D eigenvalue weighted by Crippen LogP contribution is 2.48. The van der Waals surface area contributed by atoms with Crippen LogP contribution >= 0.6 is 15.9 Å². The van der Waals surface area contributed by atoms with Gasteiger partial charge in [0.25, 0.3) is 0 Å². The fourth-order valence-corrected chi connectivity index (χ4v) is 6.75. The van der Waals surface area contributed by atoms with Gasteiger partial charge in [-0.1, -0.05) is 58.4 Å². The molecule has 2 aromatic rings. The van der Waals surface area contributed by atoms with Crippen LogP contribution in [0.5, 0.6) is 11.5 Å². The molecular weight excluding hydrogens is 618 g/mol. The number of nitrogens with one attached hydrogen (secondary N) is 1. The molecule has 0 fully saturated rings. The van der Waals surface area contributed by atoms with Crippen molar-refractivity contribution in [2.24, 2.45) is 22.2 Å². The molecule has 0 bridgehead atoms. The number of nitriles is 1. The van der Waals surface area contributed by atoms with Crippen LogP contribution in [0.3, 0.4) is 0 Å². The van der Waals surface area contributed by atoms with Gasteiger partial charge in [-0.05, 0) is 82.8 Å². The maximum Gasteiger partial charge on any atom is 0.220 e. The van der Waals surface area contributed by atoms with Crippen molar-refractivity contribution >= 4 is 33.3 Å². The minimum Gasteiger partial charge on any atom is -0.490 e. The molecule has 44 heavy (non-hydrogen) atoms. The van der Waals surface area contributed by atoms with E-state index in [2.05, 4.69) is 34.2 Å². The van der Waals surface area contributed by atoms with E-state index in [4.69, 9.17) is 14.5 Å². The zero-order chi connectivity index (χ0) is 32.0. The van der Waals surface area contributed by atoms with Gasteiger partial charge in [0.05, 0.1) is 23.1 Å². The largest absolute Gasteiger partial charge is 0.490 e. The predicted octanol–water partition coefficient (Wildman–Crippen LogP) is 8.21. The van der Waals surface area contributed by atoms with E-state index in [0.29, 0.717) is 60.1 Å². The van der Waals surface area contributed by atoms with E-state index in [1.807, 2.05) is 71.0 Å². The molecule has 1 amide bonds. The number of aliphatic imine (C=N–C) groups is 1. The minimum atomic E-state index is -0.541. The molecule has 0 saturated carbocycles. The van der Waals surface area contributed by atoms with Crippen LogP contribution in [0.4, 0.5) is 0 Å². The highest BCUT2D eigenvalue weighted by Gasteiger charge is 2.41. The van der Waals surface area contributed by atoms with Crippen molar-refractivity contribution in [2.45, 2.75) is 92.7 Å². The molecule has 3 unspecified atom stereocenters. The number of nitrogens with zero attached hydrogens (tertiary/aromatic N) is 2. The monoisotopic (exact) mass is 661 g/mol. The van der Waals surface area contributed by atoms with Gasteiger partial charge in [-0.3, -0.25) is 14.6 Å². The van der Waals surface area contributed by atoms with Gasteiger partial charge in [-0.25, -0.2) is 0 Å². The van der Waals surface area contributed by atoms with E-state index in [0.717, 1.165) is 47.4 Å². The number of benzene rings is 2. The van der Waals surface area contributed by atoms with Crippen LogP contribution in [-0.4, -0.2) is 24.0 Å². The SMILES string of the molecule is CCCC1CC(=O)C2=C(C1)N=C(C)C(C#N)C2c1cc(Br)c(OCc2cccc(CNC(=O)CC(C)(C)C)c2)c(OCC)c1. The van der Waals surface area contributed by atoms with Crippen molar-refractivity contribution in [3.8, 4) is 17.6 Å². The lowest BCUT2D eigenvalue weighted by molar-refractivity contribution is -0.123. The fourth-order valence-electron chi connectivity index (χ4n) is 6.18. The summed E-state index contributed by atoms with van der Waals surface area (Å²) in [7, 11) is 0. The van der Waals surface area contributed by atoms with Gasteiger partial charge in [0.15, 0.2) is 17.3 Å². The maximum atomic E-state index is 13.5. The Balaban J connectivity index is 1.58. The van der Waals surface area contributed by atoms with E-state index in [1.165, 1.54) is 0 Å². The van der Waals surface area contributed by atoms with Gasteiger partial charge in [0.1, 0.15) is 6.61 Å². The summed E-state index contributed by atoms with van der Waals surface area (Å²) < 4.78 is 13.1. The summed E-state index contributed by atoms with van der Waals surface area (Å²) in [6.45, 7) is 13.2. The van der Waals surface area contributed by atoms with Crippen molar-refractivity contribution in [3.05, 3.63) is 68.8 Å². The second-order valence-corrected chi connectivity index (χ2v) is 13.9. The first-order valence-corrected chi connectivity index (χ1v) is 16.4. The highest BCUT2D eigenvalue weighted by atomic mass is 79.9. The maximum absolute atomic E-state index is 13.5. The normalized spacial score (nSPS) is 20.0. The number of hydrogen-bond acceptors (Lipinski definition) is 6. The Kier molecular flexibility index (Phi) is 11.1. The van der Waals surface area contributed by atoms with E-state index in [1.54, 1.807) is 0 Å². The molecule has 0 radical (unpaired) electrons. The third-order valence-electron chi connectivity index (χ3n) is 8.06. The van der Waals surface area contributed by atoms with Crippen LogP contribution in [0, 0.1) is 28.6 Å². The lowest BCUT2D eigenvalue weighted by atomic mass is 9.70. The number of rotatable bonds is 11. The zero-order valence-electron chi connectivity index (χ0n) is 26.8. The molecule has 0 saturated heterocycles. The molecule has 7 nitrogen and oxygen atoms in total. The van der Waals surface area contributed by atoms with Crippen molar-refractivity contribution in [3.63, 3.8) is 0 Å². The van der Waals surface area contributed by atoms with Crippen LogP contribution in [0.2, 0.25) is 0 Å². The van der Waals surface area contributed by atoms with Crippen molar-refractivity contribution < 1.29 is 19.1 Å². The topological polar surface area (TPSA) is 101 Å². The molecule has 1 aliphatic heterocycles. The second kappa shape index (κ2) is 14.6. The van der Waals surface area contributed by atoms with Crippen molar-refractivity contribution in [1.82, 2.24) is 5.32 Å². The van der Waals surface area contributed by atoms with Crippen LogP contribution in [0.15, 0.2) is 57.1 Å². The first-order chi connectivity index (χ1) is 20.9. The summed E-state index contributed by atoms with van der Waals surface area (Å²) in [5.74, 6) is 0.561. The number of carbonyl (C=O) groups is 2. The number of halogens is 1. The summed E-state index contributed by atoms with van der Waals surface area (Å²) in [4.78, 5) is 30.6. The summed E-state index contributed by atoms with van der Waals surface area (Å²) in [5.41, 5.74) is 4.96. The van der Waals surface area contributed by atoms with Crippen LogP contribution < -0.4 is 14.8 Å². The Morgan fingerprint density at radius 2 is 1.89 bits per heavy atom. The van der Waals surface area contributed by atoms with Crippen LogP contribution in [0.25, 0.3) is 0 Å². The average Bonchev–Trinajstić information content (AvgIpc) is 2.94. The van der Waals surface area contributed by atoms with Gasteiger partial charge >= 0.3 is 0 Å². The lowest BCUT2D eigenvalue weighted by Crippen LogP contribution is -2.32. The number of amides is 1. The number of ether oxygens (including phenoxy) is 2. The molecule has 2 aliphatic rings. The summed E-state index contributed by atoms with van der Waals surface area (Å²) in [5, 5.41) is 13.2. The van der Waals surface area contributed by atoms with Gasteiger partial charge in [0.2, 0.25) is 5.91 Å². The van der Waals surface area contributed by atoms with Gasteiger partial charge in [-0.15, -0.1) is 0 Å². The third-order valence-corrected chi connectivity index (χ3v) is 8.64. The van der Waals surface area contributed by atoms with Crippen LogP contribution in [0.1, 0.15) is 96.3 Å². The number of allylic oxidation sites excluding steroid dienone is 2. The Labute approximate surface area is 270 Å². The van der Waals surface area contributed by atoms with E-state index < -0.39 is 11.8 Å². The van der Waals surface area contributed by atoms with Gasteiger partial charge in [0, 0.05) is 42.3 Å². The number of hydrogen-bond donors (Lipinski definition) is 1. The number of carbonyl (C=O) groups excluding carboxylic acids is 2. The first kappa shape index (κ1) is 33.5. The van der Waals surface area contributed by atoms with Crippen LogP contribution in [-0.2, 0) is 22.7 Å². The molecule has 2 aromatic carbocycles. The van der Waals surface area contributed by atoms with E-state index in [-0.39, 0.29) is 17.1 Å². The summed E-state index contributed by atoms with van der Waals surface area (Å²) in [6, 6.07) is 14.2. The average molecular weight is 663 g/mol. The van der Waals surface area contributed by atoms with Crippen molar-refractivity contribution in [1.29, 1.82) is 5.26 Å². The summed E-state index contributed by atoms with van der Waals surface area (Å²) >= 11 is 3.71. The third kappa shape index (κ3) is 8.18. The standard InChI is InChI=1S/C36H44BrN3O4/c1-7-10-23-14-29-34(30(41)15-23)33(27(19-38)22(3)40-29)26-16-28(37)35(31(17-26)43-8-2)44-21-25-12-9-11-24(13-25)20-39-32(42)18-36(4,5)6/h9,11-13,16-17,23,27,33H,7-8,10,14-15,18,20-21H2,1-6H3,(H,39,42). The Bertz CT molecular complexity index is 1500. The molecule has 8 heteroatoms. The summed E-state index contributed by atoms with van der Waals surface area (Å²) in [6.07, 6.45) is 3.74. The van der Waals surface area contributed by atoms with Gasteiger partial charge < -0.3 is 14.8 Å². The minimum absolute atomic E-state index is 0.0289. The number of Topliss-reactive ketones (excluding diaryl/α,β-unsaturated/α-hetero) is 1. The first-order valence-electron chi connectivity index (χ1n) is 15.6. The molecule has 1 aliphatic carbocycles. The van der Waals surface area contributed by atoms with Gasteiger partial charge in [-0.2, -0.15) is 5.26 Å². The fraction of sp³-hybridized carbons (Fsp3) is 0.500. The molecule has 0 aromatic heterocycles. The zero-order valence-corrected chi connectivity index (χ0v) is 28.3. The Hall–Kier alpha value is -3.44. The molecular formula is C36H44BrN3O4.